The molecule has 0 bridgehead atoms. The quantitative estimate of drug-likeness (QED) is 0.933. The SMILES string of the molecule is NCC1c2ccccc2CCN1Cc1ccccc1Br. The van der Waals surface area contributed by atoms with Gasteiger partial charge in [0.1, 0.15) is 0 Å². The molecule has 20 heavy (non-hydrogen) atoms. The van der Waals surface area contributed by atoms with Crippen LogP contribution in [-0.4, -0.2) is 18.0 Å². The number of rotatable bonds is 3. The summed E-state index contributed by atoms with van der Waals surface area (Å²) in [4.78, 5) is 2.49. The molecule has 2 nitrogen and oxygen atoms in total. The lowest BCUT2D eigenvalue weighted by atomic mass is 9.92. The molecule has 1 unspecified atom stereocenters. The predicted molar refractivity (Wildman–Crippen MR) is 86.5 cm³/mol. The summed E-state index contributed by atoms with van der Waals surface area (Å²) in [7, 11) is 0. The topological polar surface area (TPSA) is 29.3 Å². The summed E-state index contributed by atoms with van der Waals surface area (Å²) in [6.07, 6.45) is 1.11. The molecule has 0 amide bonds. The maximum atomic E-state index is 6.05. The molecule has 2 aromatic rings. The molecule has 0 spiro atoms. The first-order valence-corrected chi connectivity index (χ1v) is 7.84. The zero-order chi connectivity index (χ0) is 13.9. The second kappa shape index (κ2) is 6.08. The number of halogens is 1. The Morgan fingerprint density at radius 3 is 2.65 bits per heavy atom. The number of nitrogens with two attached hydrogens (primary N) is 1. The van der Waals surface area contributed by atoms with Crippen LogP contribution >= 0.6 is 15.9 Å². The van der Waals surface area contributed by atoms with Crippen molar-refractivity contribution in [1.82, 2.24) is 4.90 Å². The van der Waals surface area contributed by atoms with Crippen molar-refractivity contribution in [1.29, 1.82) is 0 Å². The molecule has 0 aliphatic carbocycles. The van der Waals surface area contributed by atoms with Crippen molar-refractivity contribution in [3.8, 4) is 0 Å². The van der Waals surface area contributed by atoms with E-state index in [0.717, 1.165) is 19.5 Å². The van der Waals surface area contributed by atoms with Gasteiger partial charge in [0.15, 0.2) is 0 Å². The highest BCUT2D eigenvalue weighted by atomic mass is 79.9. The van der Waals surface area contributed by atoms with E-state index in [1.807, 2.05) is 0 Å². The van der Waals surface area contributed by atoms with Crippen LogP contribution in [0.5, 0.6) is 0 Å². The van der Waals surface area contributed by atoms with Crippen LogP contribution in [0.15, 0.2) is 53.0 Å². The zero-order valence-corrected chi connectivity index (χ0v) is 13.0. The van der Waals surface area contributed by atoms with Gasteiger partial charge in [-0.05, 0) is 29.2 Å². The van der Waals surface area contributed by atoms with Crippen molar-refractivity contribution in [2.75, 3.05) is 13.1 Å². The summed E-state index contributed by atoms with van der Waals surface area (Å²) in [6.45, 7) is 2.68. The van der Waals surface area contributed by atoms with Gasteiger partial charge in [0.05, 0.1) is 0 Å². The molecule has 1 aliphatic rings. The lowest BCUT2D eigenvalue weighted by Gasteiger charge is -2.37. The van der Waals surface area contributed by atoms with Crippen LogP contribution in [-0.2, 0) is 13.0 Å². The van der Waals surface area contributed by atoms with E-state index in [1.54, 1.807) is 0 Å². The van der Waals surface area contributed by atoms with Crippen LogP contribution < -0.4 is 5.73 Å². The zero-order valence-electron chi connectivity index (χ0n) is 11.4. The van der Waals surface area contributed by atoms with Gasteiger partial charge in [-0.2, -0.15) is 0 Å². The predicted octanol–water partition coefficient (Wildman–Crippen LogP) is 3.51. The summed E-state index contributed by atoms with van der Waals surface area (Å²) in [5.41, 5.74) is 10.2. The minimum Gasteiger partial charge on any atom is -0.329 e. The number of hydrogen-bond donors (Lipinski definition) is 1. The molecule has 0 aromatic heterocycles. The Labute approximate surface area is 128 Å². The normalized spacial score (nSPS) is 18.8. The van der Waals surface area contributed by atoms with Gasteiger partial charge in [0.25, 0.3) is 0 Å². The highest BCUT2D eigenvalue weighted by molar-refractivity contribution is 9.10. The third-order valence-corrected chi connectivity index (χ3v) is 4.85. The molecule has 1 aliphatic heterocycles. The van der Waals surface area contributed by atoms with E-state index in [2.05, 4.69) is 69.4 Å². The lowest BCUT2D eigenvalue weighted by Crippen LogP contribution is -2.38. The van der Waals surface area contributed by atoms with Crippen molar-refractivity contribution < 1.29 is 0 Å². The van der Waals surface area contributed by atoms with Crippen LogP contribution in [0.1, 0.15) is 22.7 Å². The Bertz CT molecular complexity index is 597. The van der Waals surface area contributed by atoms with Crippen molar-refractivity contribution in [2.24, 2.45) is 5.73 Å². The second-order valence-electron chi connectivity index (χ2n) is 5.26. The summed E-state index contributed by atoms with van der Waals surface area (Å²) in [5, 5.41) is 0. The molecule has 104 valence electrons. The van der Waals surface area contributed by atoms with E-state index in [4.69, 9.17) is 5.73 Å². The van der Waals surface area contributed by atoms with Crippen LogP contribution in [0.25, 0.3) is 0 Å². The molecule has 2 aromatic carbocycles. The largest absolute Gasteiger partial charge is 0.329 e. The van der Waals surface area contributed by atoms with E-state index in [9.17, 15) is 0 Å². The van der Waals surface area contributed by atoms with E-state index in [-0.39, 0.29) is 0 Å². The number of hydrogen-bond acceptors (Lipinski definition) is 2. The second-order valence-corrected chi connectivity index (χ2v) is 6.12. The average molecular weight is 331 g/mol. The standard InChI is InChI=1S/C17H19BrN2/c18-16-8-4-2-6-14(16)12-20-10-9-13-5-1-3-7-15(13)17(20)11-19/h1-8,17H,9-12,19H2. The Kier molecular flexibility index (Phi) is 4.20. The van der Waals surface area contributed by atoms with Gasteiger partial charge in [-0.3, -0.25) is 4.90 Å². The highest BCUT2D eigenvalue weighted by Crippen LogP contribution is 2.31. The van der Waals surface area contributed by atoms with Gasteiger partial charge in [-0.25, -0.2) is 0 Å². The molecule has 0 radical (unpaired) electrons. The molecule has 2 N–H and O–H groups in total. The summed E-state index contributed by atoms with van der Waals surface area (Å²) in [5.74, 6) is 0. The summed E-state index contributed by atoms with van der Waals surface area (Å²) >= 11 is 3.64. The van der Waals surface area contributed by atoms with E-state index in [0.29, 0.717) is 12.6 Å². The van der Waals surface area contributed by atoms with Crippen LogP contribution in [0.2, 0.25) is 0 Å². The van der Waals surface area contributed by atoms with Crippen molar-refractivity contribution >= 4 is 15.9 Å². The van der Waals surface area contributed by atoms with Gasteiger partial charge >= 0.3 is 0 Å². The lowest BCUT2D eigenvalue weighted by molar-refractivity contribution is 0.180. The fraction of sp³-hybridized carbons (Fsp3) is 0.294. The molecule has 3 rings (SSSR count). The van der Waals surface area contributed by atoms with Crippen LogP contribution in [0.4, 0.5) is 0 Å². The summed E-state index contributed by atoms with van der Waals surface area (Å²) < 4.78 is 1.18. The first kappa shape index (κ1) is 13.8. The van der Waals surface area contributed by atoms with Crippen LogP contribution in [0.3, 0.4) is 0 Å². The van der Waals surface area contributed by atoms with E-state index < -0.39 is 0 Å². The molecule has 3 heteroatoms. The van der Waals surface area contributed by atoms with Gasteiger partial charge in [-0.15, -0.1) is 0 Å². The van der Waals surface area contributed by atoms with Crippen molar-refractivity contribution in [3.63, 3.8) is 0 Å². The van der Waals surface area contributed by atoms with Crippen molar-refractivity contribution in [3.05, 3.63) is 69.7 Å². The molecular formula is C17H19BrN2. The van der Waals surface area contributed by atoms with Crippen LogP contribution in [0, 0.1) is 0 Å². The molecule has 0 saturated heterocycles. The monoisotopic (exact) mass is 330 g/mol. The molecule has 0 fully saturated rings. The Morgan fingerprint density at radius 1 is 1.10 bits per heavy atom. The smallest absolute Gasteiger partial charge is 0.0476 e. The van der Waals surface area contributed by atoms with Gasteiger partial charge < -0.3 is 5.73 Å². The third-order valence-electron chi connectivity index (χ3n) is 4.08. The minimum atomic E-state index is 0.326. The van der Waals surface area contributed by atoms with Gasteiger partial charge in [0, 0.05) is 30.1 Å². The highest BCUT2D eigenvalue weighted by Gasteiger charge is 2.26. The van der Waals surface area contributed by atoms with Crippen molar-refractivity contribution in [2.45, 2.75) is 19.0 Å². The number of fused-ring (bicyclic) bond motifs is 1. The molecule has 1 atom stereocenters. The molecular weight excluding hydrogens is 312 g/mol. The average Bonchev–Trinajstić information content (AvgIpc) is 2.49. The maximum Gasteiger partial charge on any atom is 0.0476 e. The Balaban J connectivity index is 1.87. The number of benzene rings is 2. The Morgan fingerprint density at radius 2 is 1.85 bits per heavy atom. The molecule has 1 heterocycles. The van der Waals surface area contributed by atoms with Gasteiger partial charge in [-0.1, -0.05) is 58.4 Å². The fourth-order valence-electron chi connectivity index (χ4n) is 3.01. The third kappa shape index (κ3) is 2.66. The number of nitrogens with zero attached hydrogens (tertiary/aromatic N) is 1. The Hall–Kier alpha value is -1.16. The first-order valence-electron chi connectivity index (χ1n) is 7.05. The van der Waals surface area contributed by atoms with E-state index >= 15 is 0 Å². The maximum absolute atomic E-state index is 6.05. The minimum absolute atomic E-state index is 0.326. The van der Waals surface area contributed by atoms with Gasteiger partial charge in [0.2, 0.25) is 0 Å². The first-order chi connectivity index (χ1) is 9.79. The van der Waals surface area contributed by atoms with E-state index in [1.165, 1.54) is 21.2 Å². The fourth-order valence-corrected chi connectivity index (χ4v) is 3.42. The summed E-state index contributed by atoms with van der Waals surface area (Å²) in [6, 6.07) is 17.4. The molecule has 0 saturated carbocycles.